The van der Waals surface area contributed by atoms with Gasteiger partial charge in [0.1, 0.15) is 11.7 Å². The molecule has 0 saturated heterocycles. The fourth-order valence-corrected chi connectivity index (χ4v) is 3.28. The molecule has 0 aliphatic heterocycles. The minimum atomic E-state index is -1.81. The topological polar surface area (TPSA) is 95.2 Å². The van der Waals surface area contributed by atoms with E-state index in [1.807, 2.05) is 42.5 Å². The molecule has 0 fully saturated rings. The van der Waals surface area contributed by atoms with Gasteiger partial charge in [0.2, 0.25) is 0 Å². The first-order valence-corrected chi connectivity index (χ1v) is 7.91. The van der Waals surface area contributed by atoms with Crippen LogP contribution >= 0.6 is 0 Å². The number of rotatable bonds is 2. The second kappa shape index (κ2) is 6.63. The minimum Gasteiger partial charge on any atom is -0.305 e. The van der Waals surface area contributed by atoms with Crippen LogP contribution in [-0.2, 0) is 0 Å². The summed E-state index contributed by atoms with van der Waals surface area (Å²) in [7, 11) is 0. The molecule has 0 saturated carbocycles. The number of nitriles is 3. The predicted molar refractivity (Wildman–Crippen MR) is 94.0 cm³/mol. The van der Waals surface area contributed by atoms with Gasteiger partial charge in [0.25, 0.3) is 0 Å². The third kappa shape index (κ3) is 2.55. The van der Waals surface area contributed by atoms with Crippen molar-refractivity contribution in [2.75, 3.05) is 0 Å². The molecule has 2 aromatic carbocycles. The van der Waals surface area contributed by atoms with E-state index in [-0.39, 0.29) is 5.71 Å². The number of halogens is 1. The number of allylic oxidation sites excluding steroid dienone is 2. The Bertz CT molecular complexity index is 987. The predicted octanol–water partition coefficient (Wildman–Crippen LogP) is 4.20. The fraction of sp³-hybridized carbons (Fsp3) is 0.143. The lowest BCUT2D eigenvalue weighted by atomic mass is 9.61. The quantitative estimate of drug-likeness (QED) is 0.887. The average molecular weight is 340 g/mol. The van der Waals surface area contributed by atoms with Crippen molar-refractivity contribution in [1.29, 1.82) is 21.2 Å². The summed E-state index contributed by atoms with van der Waals surface area (Å²) < 4.78 is 13.3. The molecule has 4 nitrogen and oxygen atoms in total. The molecule has 26 heavy (non-hydrogen) atoms. The molecular formula is C21H13FN4. The molecule has 0 amide bonds. The Labute approximate surface area is 150 Å². The third-order valence-corrected chi connectivity index (χ3v) is 4.66. The van der Waals surface area contributed by atoms with Crippen molar-refractivity contribution >= 4 is 11.3 Å². The van der Waals surface area contributed by atoms with Gasteiger partial charge in [-0.2, -0.15) is 15.8 Å². The summed E-state index contributed by atoms with van der Waals surface area (Å²) in [5.41, 5.74) is -0.185. The lowest BCUT2D eigenvalue weighted by Gasteiger charge is -2.36. The van der Waals surface area contributed by atoms with Crippen molar-refractivity contribution in [2.45, 2.75) is 5.92 Å². The Kier molecular flexibility index (Phi) is 4.36. The molecule has 1 N–H and O–H groups in total. The summed E-state index contributed by atoms with van der Waals surface area (Å²) in [6.07, 6.45) is 1.70. The van der Waals surface area contributed by atoms with Gasteiger partial charge in [0, 0.05) is 5.92 Å². The summed E-state index contributed by atoms with van der Waals surface area (Å²) in [6, 6.07) is 20.6. The van der Waals surface area contributed by atoms with E-state index in [0.717, 1.165) is 5.56 Å². The average Bonchev–Trinajstić information content (AvgIpc) is 2.69. The zero-order chi connectivity index (χ0) is 18.7. The van der Waals surface area contributed by atoms with E-state index in [4.69, 9.17) is 5.41 Å². The second-order valence-corrected chi connectivity index (χ2v) is 6.02. The van der Waals surface area contributed by atoms with Crippen LogP contribution < -0.4 is 0 Å². The number of hydrogen-bond donors (Lipinski definition) is 1. The molecule has 2 aromatic rings. The van der Waals surface area contributed by atoms with Crippen LogP contribution in [0.4, 0.5) is 4.39 Å². The van der Waals surface area contributed by atoms with E-state index in [2.05, 4.69) is 6.07 Å². The number of benzene rings is 2. The number of nitrogens with one attached hydrogen (secondary N) is 1. The molecule has 0 heterocycles. The normalized spacial score (nSPS) is 21.0. The van der Waals surface area contributed by atoms with Crippen LogP contribution in [0.25, 0.3) is 5.57 Å². The molecule has 0 spiro atoms. The van der Waals surface area contributed by atoms with Crippen molar-refractivity contribution in [3.05, 3.63) is 77.6 Å². The lowest BCUT2D eigenvalue weighted by Crippen LogP contribution is -2.41. The molecule has 2 unspecified atom stereocenters. The summed E-state index contributed by atoms with van der Waals surface area (Å²) in [6.45, 7) is 0. The Morgan fingerprint density at radius 1 is 0.923 bits per heavy atom. The van der Waals surface area contributed by atoms with Gasteiger partial charge < -0.3 is 5.41 Å². The van der Waals surface area contributed by atoms with E-state index >= 15 is 0 Å². The standard InChI is InChI=1S/C21H13FN4/c22-16-8-6-15(7-9-16)19-10-17(14-4-2-1-3-5-14)18(11-23)20(26)21(19,12-24)13-25/h1-10,18-19,26H. The van der Waals surface area contributed by atoms with Crippen molar-refractivity contribution < 1.29 is 4.39 Å². The van der Waals surface area contributed by atoms with Crippen LogP contribution in [0.3, 0.4) is 0 Å². The van der Waals surface area contributed by atoms with Crippen LogP contribution in [0.5, 0.6) is 0 Å². The van der Waals surface area contributed by atoms with Gasteiger partial charge in [0.05, 0.1) is 23.9 Å². The number of hydrogen-bond acceptors (Lipinski definition) is 4. The molecule has 124 valence electrons. The van der Waals surface area contributed by atoms with E-state index < -0.39 is 23.1 Å². The van der Waals surface area contributed by atoms with Gasteiger partial charge in [-0.05, 0) is 28.8 Å². The van der Waals surface area contributed by atoms with Crippen LogP contribution in [0.2, 0.25) is 0 Å². The molecular weight excluding hydrogens is 327 g/mol. The first-order chi connectivity index (χ1) is 12.6. The Morgan fingerprint density at radius 2 is 1.54 bits per heavy atom. The fourth-order valence-electron chi connectivity index (χ4n) is 3.28. The summed E-state index contributed by atoms with van der Waals surface area (Å²) in [5, 5.41) is 37.6. The third-order valence-electron chi connectivity index (χ3n) is 4.66. The zero-order valence-electron chi connectivity index (χ0n) is 13.6. The van der Waals surface area contributed by atoms with Crippen LogP contribution in [-0.4, -0.2) is 5.71 Å². The van der Waals surface area contributed by atoms with Gasteiger partial charge in [-0.25, -0.2) is 4.39 Å². The lowest BCUT2D eigenvalue weighted by molar-refractivity contribution is 0.585. The Balaban J connectivity index is 2.28. The maximum Gasteiger partial charge on any atom is 0.192 e. The van der Waals surface area contributed by atoms with Crippen molar-refractivity contribution in [2.24, 2.45) is 11.3 Å². The van der Waals surface area contributed by atoms with Gasteiger partial charge in [-0.1, -0.05) is 48.5 Å². The minimum absolute atomic E-state index is 0.249. The van der Waals surface area contributed by atoms with Crippen molar-refractivity contribution in [1.82, 2.24) is 0 Å². The first-order valence-electron chi connectivity index (χ1n) is 7.91. The van der Waals surface area contributed by atoms with E-state index in [0.29, 0.717) is 11.1 Å². The smallest absolute Gasteiger partial charge is 0.192 e. The Morgan fingerprint density at radius 3 is 2.08 bits per heavy atom. The molecule has 5 heteroatoms. The van der Waals surface area contributed by atoms with E-state index in [9.17, 15) is 20.2 Å². The van der Waals surface area contributed by atoms with Gasteiger partial charge in [-0.3, -0.25) is 0 Å². The van der Waals surface area contributed by atoms with Crippen molar-refractivity contribution in [3.63, 3.8) is 0 Å². The summed E-state index contributed by atoms with van der Waals surface area (Å²) in [4.78, 5) is 0. The molecule has 3 rings (SSSR count). The maximum atomic E-state index is 13.3. The monoisotopic (exact) mass is 340 g/mol. The molecule has 1 aliphatic carbocycles. The maximum absolute atomic E-state index is 13.3. The van der Waals surface area contributed by atoms with Crippen LogP contribution in [0.1, 0.15) is 17.0 Å². The zero-order valence-corrected chi connectivity index (χ0v) is 13.6. The van der Waals surface area contributed by atoms with Gasteiger partial charge >= 0.3 is 0 Å². The SMILES string of the molecule is N#CC1C(=N)C(C#N)(C#N)C(c2ccc(F)cc2)C=C1c1ccccc1. The molecule has 2 atom stereocenters. The summed E-state index contributed by atoms with van der Waals surface area (Å²) >= 11 is 0. The Hall–Kier alpha value is -3.75. The highest BCUT2D eigenvalue weighted by atomic mass is 19.1. The van der Waals surface area contributed by atoms with E-state index in [1.54, 1.807) is 6.08 Å². The molecule has 0 bridgehead atoms. The van der Waals surface area contributed by atoms with E-state index in [1.165, 1.54) is 24.3 Å². The second-order valence-electron chi connectivity index (χ2n) is 6.02. The molecule has 0 radical (unpaired) electrons. The largest absolute Gasteiger partial charge is 0.305 e. The highest BCUT2D eigenvalue weighted by Crippen LogP contribution is 2.47. The highest BCUT2D eigenvalue weighted by Gasteiger charge is 2.51. The highest BCUT2D eigenvalue weighted by molar-refractivity contribution is 6.07. The molecule has 0 aromatic heterocycles. The summed E-state index contributed by atoms with van der Waals surface area (Å²) in [5.74, 6) is -2.19. The molecule has 1 aliphatic rings. The number of nitrogens with zero attached hydrogens (tertiary/aromatic N) is 3. The first kappa shape index (κ1) is 17.1. The van der Waals surface area contributed by atoms with Gasteiger partial charge in [-0.15, -0.1) is 0 Å². The van der Waals surface area contributed by atoms with Crippen molar-refractivity contribution in [3.8, 4) is 18.2 Å². The van der Waals surface area contributed by atoms with Gasteiger partial charge in [0.15, 0.2) is 5.41 Å². The van der Waals surface area contributed by atoms with Crippen LogP contribution in [0.15, 0.2) is 60.7 Å². The van der Waals surface area contributed by atoms with Crippen LogP contribution in [0, 0.1) is 56.6 Å².